The van der Waals surface area contributed by atoms with Crippen LogP contribution < -0.4 is 0 Å². The summed E-state index contributed by atoms with van der Waals surface area (Å²) in [7, 11) is 0. The highest BCUT2D eigenvalue weighted by atomic mass is 19.1. The smallest absolute Gasteiger partial charge is 0.227 e. The van der Waals surface area contributed by atoms with Crippen molar-refractivity contribution >= 4 is 11.1 Å². The molecular formula is C17H16FNO. The zero-order valence-electron chi connectivity index (χ0n) is 11.8. The van der Waals surface area contributed by atoms with Crippen LogP contribution in [-0.4, -0.2) is 4.98 Å². The zero-order valence-corrected chi connectivity index (χ0v) is 11.8. The second-order valence-corrected chi connectivity index (χ2v) is 5.93. The normalized spacial score (nSPS) is 12.0. The van der Waals surface area contributed by atoms with Crippen molar-refractivity contribution < 1.29 is 8.81 Å². The molecule has 102 valence electrons. The van der Waals surface area contributed by atoms with Crippen molar-refractivity contribution in [3.63, 3.8) is 0 Å². The summed E-state index contributed by atoms with van der Waals surface area (Å²) in [5.74, 6) is 0.261. The minimum atomic E-state index is -0.264. The van der Waals surface area contributed by atoms with E-state index in [0.717, 1.165) is 22.2 Å². The second kappa shape index (κ2) is 4.44. The first-order chi connectivity index (χ1) is 9.45. The lowest BCUT2D eigenvalue weighted by molar-refractivity contribution is 0.561. The molecule has 0 saturated carbocycles. The molecule has 0 fully saturated rings. The van der Waals surface area contributed by atoms with Crippen molar-refractivity contribution in [2.24, 2.45) is 0 Å². The summed E-state index contributed by atoms with van der Waals surface area (Å²) in [5.41, 5.74) is 3.52. The molecule has 0 saturated heterocycles. The fraction of sp³-hybridized carbons (Fsp3) is 0.235. The topological polar surface area (TPSA) is 26.0 Å². The van der Waals surface area contributed by atoms with Gasteiger partial charge in [-0.05, 0) is 35.7 Å². The molecule has 0 aliphatic heterocycles. The molecule has 1 heterocycles. The van der Waals surface area contributed by atoms with Crippen LogP contribution in [0.1, 0.15) is 26.3 Å². The molecule has 1 aromatic heterocycles. The van der Waals surface area contributed by atoms with Crippen LogP contribution in [0.2, 0.25) is 0 Å². The van der Waals surface area contributed by atoms with Crippen molar-refractivity contribution in [1.82, 2.24) is 4.98 Å². The van der Waals surface area contributed by atoms with E-state index in [-0.39, 0.29) is 11.2 Å². The van der Waals surface area contributed by atoms with Gasteiger partial charge < -0.3 is 4.42 Å². The largest absolute Gasteiger partial charge is 0.436 e. The Morgan fingerprint density at radius 2 is 1.70 bits per heavy atom. The lowest BCUT2D eigenvalue weighted by atomic mass is 9.86. The van der Waals surface area contributed by atoms with E-state index in [0.29, 0.717) is 5.89 Å². The van der Waals surface area contributed by atoms with Gasteiger partial charge in [0.25, 0.3) is 0 Å². The predicted octanol–water partition coefficient (Wildman–Crippen LogP) is 4.93. The van der Waals surface area contributed by atoms with Gasteiger partial charge in [0.05, 0.1) is 0 Å². The molecule has 0 amide bonds. The third-order valence-electron chi connectivity index (χ3n) is 3.31. The van der Waals surface area contributed by atoms with Gasteiger partial charge in [0.1, 0.15) is 11.3 Å². The first-order valence-corrected chi connectivity index (χ1v) is 6.61. The van der Waals surface area contributed by atoms with E-state index in [1.807, 2.05) is 12.1 Å². The van der Waals surface area contributed by atoms with Crippen LogP contribution in [0, 0.1) is 5.82 Å². The van der Waals surface area contributed by atoms with Crippen molar-refractivity contribution in [2.45, 2.75) is 26.2 Å². The maximum absolute atomic E-state index is 13.0. The molecule has 3 rings (SSSR count). The minimum absolute atomic E-state index is 0.0148. The van der Waals surface area contributed by atoms with Gasteiger partial charge in [-0.15, -0.1) is 0 Å². The van der Waals surface area contributed by atoms with Crippen LogP contribution in [-0.2, 0) is 5.41 Å². The molecule has 0 spiro atoms. The average Bonchev–Trinajstić information content (AvgIpc) is 2.81. The van der Waals surface area contributed by atoms with Gasteiger partial charge in [-0.3, -0.25) is 0 Å². The molecular weight excluding hydrogens is 253 g/mol. The van der Waals surface area contributed by atoms with E-state index >= 15 is 0 Å². The van der Waals surface area contributed by atoms with Gasteiger partial charge in [0.15, 0.2) is 5.58 Å². The molecule has 2 nitrogen and oxygen atoms in total. The lowest BCUT2D eigenvalue weighted by Crippen LogP contribution is -2.10. The van der Waals surface area contributed by atoms with E-state index < -0.39 is 0 Å². The SMILES string of the molecule is CC(C)(C)c1cccc2nc(-c3ccc(F)cc3)oc12. The van der Waals surface area contributed by atoms with Crippen LogP contribution >= 0.6 is 0 Å². The number of rotatable bonds is 1. The highest BCUT2D eigenvalue weighted by Gasteiger charge is 2.20. The third-order valence-corrected chi connectivity index (χ3v) is 3.31. The molecule has 0 N–H and O–H groups in total. The van der Waals surface area contributed by atoms with Crippen LogP contribution in [0.3, 0.4) is 0 Å². The molecule has 0 aliphatic carbocycles. The molecule has 3 aromatic rings. The highest BCUT2D eigenvalue weighted by Crippen LogP contribution is 2.32. The van der Waals surface area contributed by atoms with Crippen molar-refractivity contribution in [3.05, 3.63) is 53.8 Å². The third kappa shape index (κ3) is 2.20. The van der Waals surface area contributed by atoms with Gasteiger partial charge in [0, 0.05) is 11.1 Å². The molecule has 0 unspecified atom stereocenters. The molecule has 0 atom stereocenters. The number of para-hydroxylation sites is 1. The number of oxazole rings is 1. The van der Waals surface area contributed by atoms with Gasteiger partial charge in [-0.25, -0.2) is 9.37 Å². The van der Waals surface area contributed by atoms with Gasteiger partial charge in [-0.2, -0.15) is 0 Å². The second-order valence-electron chi connectivity index (χ2n) is 5.93. The van der Waals surface area contributed by atoms with Crippen molar-refractivity contribution in [3.8, 4) is 11.5 Å². The van der Waals surface area contributed by atoms with Gasteiger partial charge in [0.2, 0.25) is 5.89 Å². The quantitative estimate of drug-likeness (QED) is 0.626. The Labute approximate surface area is 117 Å². The summed E-state index contributed by atoms with van der Waals surface area (Å²) < 4.78 is 18.9. The number of benzene rings is 2. The summed E-state index contributed by atoms with van der Waals surface area (Å²) in [6, 6.07) is 12.2. The van der Waals surface area contributed by atoms with Gasteiger partial charge >= 0.3 is 0 Å². The Morgan fingerprint density at radius 1 is 1.00 bits per heavy atom. The van der Waals surface area contributed by atoms with Crippen LogP contribution in [0.4, 0.5) is 4.39 Å². The first-order valence-electron chi connectivity index (χ1n) is 6.61. The Kier molecular flexibility index (Phi) is 2.85. The molecule has 0 bridgehead atoms. The Bertz CT molecular complexity index is 751. The van der Waals surface area contributed by atoms with E-state index in [1.165, 1.54) is 12.1 Å². The van der Waals surface area contributed by atoms with E-state index in [2.05, 4.69) is 31.8 Å². The Hall–Kier alpha value is -2.16. The first kappa shape index (κ1) is 12.9. The summed E-state index contributed by atoms with van der Waals surface area (Å²) in [4.78, 5) is 4.50. The molecule has 0 radical (unpaired) electrons. The summed E-state index contributed by atoms with van der Waals surface area (Å²) in [6.45, 7) is 6.42. The number of nitrogens with zero attached hydrogens (tertiary/aromatic N) is 1. The van der Waals surface area contributed by atoms with Crippen LogP contribution in [0.15, 0.2) is 46.9 Å². The molecule has 20 heavy (non-hydrogen) atoms. The summed E-state index contributed by atoms with van der Waals surface area (Å²) >= 11 is 0. The number of aromatic nitrogens is 1. The van der Waals surface area contributed by atoms with E-state index in [4.69, 9.17) is 4.42 Å². The van der Waals surface area contributed by atoms with Crippen LogP contribution in [0.25, 0.3) is 22.6 Å². The number of halogens is 1. The monoisotopic (exact) mass is 269 g/mol. The maximum Gasteiger partial charge on any atom is 0.227 e. The van der Waals surface area contributed by atoms with E-state index in [1.54, 1.807) is 12.1 Å². The van der Waals surface area contributed by atoms with E-state index in [9.17, 15) is 4.39 Å². The molecule has 0 aliphatic rings. The Morgan fingerprint density at radius 3 is 2.35 bits per heavy atom. The number of hydrogen-bond acceptors (Lipinski definition) is 2. The lowest BCUT2D eigenvalue weighted by Gasteiger charge is -2.18. The average molecular weight is 269 g/mol. The predicted molar refractivity (Wildman–Crippen MR) is 78.1 cm³/mol. The van der Waals surface area contributed by atoms with Gasteiger partial charge in [-0.1, -0.05) is 32.9 Å². The number of fused-ring (bicyclic) bond motifs is 1. The molecule has 3 heteroatoms. The minimum Gasteiger partial charge on any atom is -0.436 e. The van der Waals surface area contributed by atoms with Crippen LogP contribution in [0.5, 0.6) is 0 Å². The highest BCUT2D eigenvalue weighted by molar-refractivity contribution is 5.80. The summed E-state index contributed by atoms with van der Waals surface area (Å²) in [6.07, 6.45) is 0. The zero-order chi connectivity index (χ0) is 14.3. The molecule has 2 aromatic carbocycles. The maximum atomic E-state index is 13.0. The number of hydrogen-bond donors (Lipinski definition) is 0. The fourth-order valence-corrected chi connectivity index (χ4v) is 2.26. The van der Waals surface area contributed by atoms with Crippen molar-refractivity contribution in [1.29, 1.82) is 0 Å². The van der Waals surface area contributed by atoms with Crippen molar-refractivity contribution in [2.75, 3.05) is 0 Å². The standard InChI is InChI=1S/C17H16FNO/c1-17(2,3)13-5-4-6-14-15(13)20-16(19-14)11-7-9-12(18)10-8-11/h4-10H,1-3H3. The Balaban J connectivity index is 2.18. The summed E-state index contributed by atoms with van der Waals surface area (Å²) in [5, 5.41) is 0. The fourth-order valence-electron chi connectivity index (χ4n) is 2.26.